The number of imidazole rings is 1. The van der Waals surface area contributed by atoms with Crippen LogP contribution in [0.3, 0.4) is 0 Å². The fourth-order valence-corrected chi connectivity index (χ4v) is 3.16. The molecule has 4 nitrogen and oxygen atoms in total. The van der Waals surface area contributed by atoms with Crippen LogP contribution in [-0.4, -0.2) is 34.9 Å². The Kier molecular flexibility index (Phi) is 5.94. The summed E-state index contributed by atoms with van der Waals surface area (Å²) in [6.07, 6.45) is 2.45. The number of benzene rings is 1. The molecule has 2 atom stereocenters. The van der Waals surface area contributed by atoms with E-state index in [0.29, 0.717) is 11.3 Å². The van der Waals surface area contributed by atoms with Crippen molar-refractivity contribution in [1.82, 2.24) is 15.3 Å². The SMILES string of the molecule is CCCC(C)NCC(C)Sc1nc2ccc(OC)cc2[nH]1. The van der Waals surface area contributed by atoms with Gasteiger partial charge in [-0.15, -0.1) is 0 Å². The maximum atomic E-state index is 5.24. The van der Waals surface area contributed by atoms with Crippen LogP contribution < -0.4 is 10.1 Å². The van der Waals surface area contributed by atoms with Gasteiger partial charge in [-0.05, 0) is 25.5 Å². The van der Waals surface area contributed by atoms with Crippen LogP contribution in [0.15, 0.2) is 23.4 Å². The predicted octanol–water partition coefficient (Wildman–Crippen LogP) is 3.83. The lowest BCUT2D eigenvalue weighted by Crippen LogP contribution is -2.31. The molecule has 0 amide bonds. The molecule has 5 heteroatoms. The van der Waals surface area contributed by atoms with Crippen molar-refractivity contribution in [3.63, 3.8) is 0 Å². The first-order chi connectivity index (χ1) is 10.1. The van der Waals surface area contributed by atoms with E-state index in [0.717, 1.165) is 28.5 Å². The van der Waals surface area contributed by atoms with Crippen LogP contribution in [0, 0.1) is 0 Å². The fourth-order valence-electron chi connectivity index (χ4n) is 2.28. The van der Waals surface area contributed by atoms with Gasteiger partial charge in [-0.2, -0.15) is 0 Å². The summed E-state index contributed by atoms with van der Waals surface area (Å²) in [5.41, 5.74) is 2.01. The molecule has 1 aromatic heterocycles. The number of hydrogen-bond acceptors (Lipinski definition) is 4. The Morgan fingerprint density at radius 2 is 2.19 bits per heavy atom. The Morgan fingerprint density at radius 3 is 2.90 bits per heavy atom. The molecule has 1 aromatic carbocycles. The van der Waals surface area contributed by atoms with Crippen molar-refractivity contribution >= 4 is 22.8 Å². The van der Waals surface area contributed by atoms with Gasteiger partial charge in [0, 0.05) is 23.9 Å². The van der Waals surface area contributed by atoms with Gasteiger partial charge < -0.3 is 15.0 Å². The van der Waals surface area contributed by atoms with Crippen LogP contribution >= 0.6 is 11.8 Å². The maximum absolute atomic E-state index is 5.24. The quantitative estimate of drug-likeness (QED) is 0.728. The molecule has 0 bridgehead atoms. The second-order valence-electron chi connectivity index (χ2n) is 5.45. The monoisotopic (exact) mass is 307 g/mol. The van der Waals surface area contributed by atoms with E-state index < -0.39 is 0 Å². The number of H-pyrrole nitrogens is 1. The molecule has 0 saturated carbocycles. The van der Waals surface area contributed by atoms with Crippen LogP contribution in [0.2, 0.25) is 0 Å². The standard InChI is InChI=1S/C16H25N3OS/c1-5-6-11(2)17-10-12(3)21-16-18-14-8-7-13(20-4)9-15(14)19-16/h7-9,11-12,17H,5-6,10H2,1-4H3,(H,18,19). The van der Waals surface area contributed by atoms with E-state index in [1.807, 2.05) is 18.2 Å². The molecule has 0 aliphatic carbocycles. The zero-order valence-corrected chi connectivity index (χ0v) is 14.1. The van der Waals surface area contributed by atoms with Crippen molar-refractivity contribution < 1.29 is 4.74 Å². The highest BCUT2D eigenvalue weighted by molar-refractivity contribution is 7.99. The van der Waals surface area contributed by atoms with Gasteiger partial charge in [0.05, 0.1) is 18.1 Å². The van der Waals surface area contributed by atoms with Gasteiger partial charge in [0.15, 0.2) is 5.16 Å². The largest absolute Gasteiger partial charge is 0.497 e. The van der Waals surface area contributed by atoms with Crippen molar-refractivity contribution in [1.29, 1.82) is 0 Å². The van der Waals surface area contributed by atoms with E-state index in [4.69, 9.17) is 4.74 Å². The smallest absolute Gasteiger partial charge is 0.166 e. The average Bonchev–Trinajstić information content (AvgIpc) is 2.86. The lowest BCUT2D eigenvalue weighted by Gasteiger charge is -2.16. The van der Waals surface area contributed by atoms with Gasteiger partial charge in [0.2, 0.25) is 0 Å². The van der Waals surface area contributed by atoms with Crippen LogP contribution in [0.1, 0.15) is 33.6 Å². The van der Waals surface area contributed by atoms with E-state index in [1.165, 1.54) is 12.8 Å². The molecule has 0 spiro atoms. The van der Waals surface area contributed by atoms with Crippen molar-refractivity contribution in [3.05, 3.63) is 18.2 Å². The van der Waals surface area contributed by atoms with Gasteiger partial charge in [-0.3, -0.25) is 0 Å². The second kappa shape index (κ2) is 7.71. The number of hydrogen-bond donors (Lipinski definition) is 2. The van der Waals surface area contributed by atoms with Gasteiger partial charge in [0.25, 0.3) is 0 Å². The van der Waals surface area contributed by atoms with E-state index >= 15 is 0 Å². The van der Waals surface area contributed by atoms with Crippen molar-refractivity contribution in [3.8, 4) is 5.75 Å². The van der Waals surface area contributed by atoms with Crippen molar-refractivity contribution in [2.45, 2.75) is 50.1 Å². The summed E-state index contributed by atoms with van der Waals surface area (Å²) >= 11 is 1.77. The highest BCUT2D eigenvalue weighted by Crippen LogP contribution is 2.25. The first kappa shape index (κ1) is 16.2. The predicted molar refractivity (Wildman–Crippen MR) is 90.3 cm³/mol. The second-order valence-corrected chi connectivity index (χ2v) is 6.88. The number of nitrogens with one attached hydrogen (secondary N) is 2. The number of aromatic amines is 1. The van der Waals surface area contributed by atoms with Gasteiger partial charge >= 0.3 is 0 Å². The molecular formula is C16H25N3OS. The number of rotatable bonds is 8. The minimum absolute atomic E-state index is 0.478. The zero-order chi connectivity index (χ0) is 15.2. The third-order valence-electron chi connectivity index (χ3n) is 3.46. The summed E-state index contributed by atoms with van der Waals surface area (Å²) in [7, 11) is 1.68. The van der Waals surface area contributed by atoms with Crippen LogP contribution in [0.5, 0.6) is 5.75 Å². The molecule has 1 heterocycles. The molecule has 0 fully saturated rings. The van der Waals surface area contributed by atoms with Crippen molar-refractivity contribution in [2.24, 2.45) is 0 Å². The third kappa shape index (κ3) is 4.64. The summed E-state index contributed by atoms with van der Waals surface area (Å²) < 4.78 is 5.24. The number of nitrogens with zero attached hydrogens (tertiary/aromatic N) is 1. The summed E-state index contributed by atoms with van der Waals surface area (Å²) in [6, 6.07) is 6.49. The lowest BCUT2D eigenvalue weighted by molar-refractivity contribution is 0.415. The number of ether oxygens (including phenoxy) is 1. The molecule has 0 saturated heterocycles. The van der Waals surface area contributed by atoms with E-state index in [-0.39, 0.29) is 0 Å². The Labute approximate surface area is 131 Å². The number of aromatic nitrogens is 2. The molecule has 0 radical (unpaired) electrons. The molecular weight excluding hydrogens is 282 g/mol. The molecule has 2 N–H and O–H groups in total. The van der Waals surface area contributed by atoms with Crippen LogP contribution in [-0.2, 0) is 0 Å². The molecule has 0 aliphatic rings. The minimum Gasteiger partial charge on any atom is -0.497 e. The lowest BCUT2D eigenvalue weighted by atomic mass is 10.2. The fraction of sp³-hybridized carbons (Fsp3) is 0.562. The summed E-state index contributed by atoms with van der Waals surface area (Å²) in [5.74, 6) is 0.853. The average molecular weight is 307 g/mol. The first-order valence-electron chi connectivity index (χ1n) is 7.56. The molecule has 2 unspecified atom stereocenters. The Morgan fingerprint density at radius 1 is 1.38 bits per heavy atom. The van der Waals surface area contributed by atoms with Gasteiger partial charge in [-0.1, -0.05) is 32.0 Å². The maximum Gasteiger partial charge on any atom is 0.166 e. The van der Waals surface area contributed by atoms with E-state index in [1.54, 1.807) is 18.9 Å². The Balaban J connectivity index is 1.93. The third-order valence-corrected chi connectivity index (χ3v) is 4.44. The molecule has 21 heavy (non-hydrogen) atoms. The number of thioether (sulfide) groups is 1. The highest BCUT2D eigenvalue weighted by Gasteiger charge is 2.10. The summed E-state index contributed by atoms with van der Waals surface area (Å²) in [4.78, 5) is 7.97. The number of methoxy groups -OCH3 is 1. The minimum atomic E-state index is 0.478. The molecule has 116 valence electrons. The Bertz CT molecular complexity index is 570. The summed E-state index contributed by atoms with van der Waals surface area (Å²) in [5, 5.41) is 5.02. The van der Waals surface area contributed by atoms with Crippen molar-refractivity contribution in [2.75, 3.05) is 13.7 Å². The molecule has 2 rings (SSSR count). The Hall–Kier alpha value is -1.20. The topological polar surface area (TPSA) is 49.9 Å². The van der Waals surface area contributed by atoms with E-state index in [2.05, 4.69) is 36.1 Å². The van der Waals surface area contributed by atoms with Gasteiger partial charge in [0.1, 0.15) is 5.75 Å². The summed E-state index contributed by atoms with van der Waals surface area (Å²) in [6.45, 7) is 7.68. The molecule has 0 aliphatic heterocycles. The van der Waals surface area contributed by atoms with Gasteiger partial charge in [-0.25, -0.2) is 4.98 Å². The van der Waals surface area contributed by atoms with E-state index in [9.17, 15) is 0 Å². The highest BCUT2D eigenvalue weighted by atomic mass is 32.2. The first-order valence-corrected chi connectivity index (χ1v) is 8.44. The molecule has 2 aromatic rings. The zero-order valence-electron chi connectivity index (χ0n) is 13.3. The van der Waals surface area contributed by atoms with Crippen LogP contribution in [0.4, 0.5) is 0 Å². The normalized spacial score (nSPS) is 14.3. The number of fused-ring (bicyclic) bond motifs is 1. The van der Waals surface area contributed by atoms with Crippen LogP contribution in [0.25, 0.3) is 11.0 Å².